The smallest absolute Gasteiger partial charge is 0.114 e. The molecule has 0 aliphatic carbocycles. The van der Waals surface area contributed by atoms with Crippen LogP contribution in [-0.2, 0) is 0 Å². The van der Waals surface area contributed by atoms with E-state index in [2.05, 4.69) is 80.2 Å². The summed E-state index contributed by atoms with van der Waals surface area (Å²) in [6.45, 7) is 17.8. The minimum atomic E-state index is -0.386. The van der Waals surface area contributed by atoms with Crippen molar-refractivity contribution in [2.24, 2.45) is 0 Å². The van der Waals surface area contributed by atoms with E-state index < -0.39 is 0 Å². The van der Waals surface area contributed by atoms with E-state index in [9.17, 15) is 0 Å². The minimum absolute atomic E-state index is 0.386. The molecular weight excluding hydrogens is 283 g/mol. The summed E-state index contributed by atoms with van der Waals surface area (Å²) in [7, 11) is 0. The molecule has 0 unspecified atom stereocenters. The normalized spacial score (nSPS) is 13.5. The molecule has 4 heteroatoms. The second-order valence-corrected chi connectivity index (χ2v) is 8.68. The fourth-order valence-corrected chi connectivity index (χ4v) is 8.23. The SMILES string of the molecule is CC(C)N(C(C)C)P(Br)N(C(C)C)C(C)C. The largest absolute Gasteiger partial charge is 0.256 e. The van der Waals surface area contributed by atoms with E-state index in [1.807, 2.05) is 0 Å². The van der Waals surface area contributed by atoms with Crippen LogP contribution in [0.5, 0.6) is 0 Å². The molecule has 0 N–H and O–H groups in total. The average molecular weight is 311 g/mol. The van der Waals surface area contributed by atoms with Gasteiger partial charge in [0.2, 0.25) is 0 Å². The van der Waals surface area contributed by atoms with E-state index in [0.717, 1.165) is 0 Å². The summed E-state index contributed by atoms with van der Waals surface area (Å²) in [5, 5.41) is 0. The standard InChI is InChI=1S/C12H28BrN2P/c1-9(2)14(10(3)4)16(13)15(11(5)6)12(7)8/h9-12H,1-8H3. The van der Waals surface area contributed by atoms with Gasteiger partial charge in [0, 0.05) is 24.2 Å². The lowest BCUT2D eigenvalue weighted by atomic mass is 10.3. The number of hydrogen-bond donors (Lipinski definition) is 0. The summed E-state index contributed by atoms with van der Waals surface area (Å²) in [6, 6.07) is 2.30. The maximum Gasteiger partial charge on any atom is 0.114 e. The highest BCUT2D eigenvalue weighted by Crippen LogP contribution is 2.55. The monoisotopic (exact) mass is 310 g/mol. The van der Waals surface area contributed by atoms with Crippen LogP contribution in [0.15, 0.2) is 0 Å². The second kappa shape index (κ2) is 7.31. The van der Waals surface area contributed by atoms with Gasteiger partial charge >= 0.3 is 0 Å². The topological polar surface area (TPSA) is 6.48 Å². The van der Waals surface area contributed by atoms with E-state index in [1.165, 1.54) is 0 Å². The van der Waals surface area contributed by atoms with Gasteiger partial charge in [0.25, 0.3) is 0 Å². The van der Waals surface area contributed by atoms with Gasteiger partial charge in [-0.1, -0.05) is 0 Å². The Morgan fingerprint density at radius 3 is 0.938 bits per heavy atom. The van der Waals surface area contributed by atoms with Crippen molar-refractivity contribution in [2.75, 3.05) is 0 Å². The van der Waals surface area contributed by atoms with Gasteiger partial charge in [-0.15, -0.1) is 0 Å². The Kier molecular flexibility index (Phi) is 7.68. The Morgan fingerprint density at radius 2 is 0.812 bits per heavy atom. The third kappa shape index (κ3) is 4.60. The van der Waals surface area contributed by atoms with Crippen LogP contribution < -0.4 is 0 Å². The average Bonchev–Trinajstić information content (AvgIpc) is 1.99. The third-order valence-electron chi connectivity index (χ3n) is 2.50. The molecule has 0 aromatic carbocycles. The zero-order chi connectivity index (χ0) is 13.0. The summed E-state index contributed by atoms with van der Waals surface area (Å²) in [6.07, 6.45) is 0. The van der Waals surface area contributed by atoms with Crippen molar-refractivity contribution in [3.05, 3.63) is 0 Å². The van der Waals surface area contributed by atoms with E-state index in [4.69, 9.17) is 0 Å². The maximum absolute atomic E-state index is 3.93. The molecule has 0 aromatic rings. The molecule has 0 saturated carbocycles. The summed E-state index contributed by atoms with van der Waals surface area (Å²) in [5.41, 5.74) is 0. The van der Waals surface area contributed by atoms with E-state index >= 15 is 0 Å². The van der Waals surface area contributed by atoms with Crippen LogP contribution in [0.2, 0.25) is 0 Å². The van der Waals surface area contributed by atoms with Gasteiger partial charge < -0.3 is 0 Å². The van der Waals surface area contributed by atoms with Gasteiger partial charge in [0.15, 0.2) is 0 Å². The summed E-state index contributed by atoms with van der Waals surface area (Å²) in [5.74, 6) is 0. The van der Waals surface area contributed by atoms with Crippen LogP contribution in [0.1, 0.15) is 55.4 Å². The molecule has 0 amide bonds. The van der Waals surface area contributed by atoms with Crippen molar-refractivity contribution >= 4 is 22.4 Å². The fourth-order valence-electron chi connectivity index (χ4n) is 2.07. The third-order valence-corrected chi connectivity index (χ3v) is 7.30. The van der Waals surface area contributed by atoms with Gasteiger partial charge in [0.05, 0.1) is 0 Å². The fraction of sp³-hybridized carbons (Fsp3) is 1.00. The zero-order valence-electron chi connectivity index (χ0n) is 12.0. The molecule has 0 saturated heterocycles. The van der Waals surface area contributed by atoms with Crippen molar-refractivity contribution in [1.82, 2.24) is 9.34 Å². The van der Waals surface area contributed by atoms with Crippen molar-refractivity contribution < 1.29 is 0 Å². The Balaban J connectivity index is 4.88. The minimum Gasteiger partial charge on any atom is -0.256 e. The molecule has 0 aliphatic heterocycles. The molecule has 0 aromatic heterocycles. The van der Waals surface area contributed by atoms with Crippen molar-refractivity contribution in [3.8, 4) is 0 Å². The summed E-state index contributed by atoms with van der Waals surface area (Å²) < 4.78 is 5.13. The first-order chi connectivity index (χ1) is 7.20. The lowest BCUT2D eigenvalue weighted by Gasteiger charge is -2.43. The first-order valence-corrected chi connectivity index (χ1v) is 9.49. The van der Waals surface area contributed by atoms with Crippen molar-refractivity contribution in [2.45, 2.75) is 79.6 Å². The van der Waals surface area contributed by atoms with Crippen LogP contribution in [0.3, 0.4) is 0 Å². The predicted octanol–water partition coefficient (Wildman–Crippen LogP) is 4.85. The van der Waals surface area contributed by atoms with Gasteiger partial charge in [0.1, 0.15) is 6.93 Å². The molecule has 0 rings (SSSR count). The van der Waals surface area contributed by atoms with Gasteiger partial charge in [-0.2, -0.15) is 0 Å². The molecule has 0 spiro atoms. The molecule has 98 valence electrons. The predicted molar refractivity (Wildman–Crippen MR) is 80.1 cm³/mol. The Bertz CT molecular complexity index is 159. The van der Waals surface area contributed by atoms with E-state index in [1.54, 1.807) is 0 Å². The van der Waals surface area contributed by atoms with Gasteiger partial charge in [-0.25, -0.2) is 0 Å². The highest BCUT2D eigenvalue weighted by Gasteiger charge is 2.30. The van der Waals surface area contributed by atoms with Crippen molar-refractivity contribution in [1.29, 1.82) is 0 Å². The number of hydrogen-bond acceptors (Lipinski definition) is 2. The molecule has 0 heterocycles. The van der Waals surface area contributed by atoms with Gasteiger partial charge in [-0.3, -0.25) is 9.34 Å². The van der Waals surface area contributed by atoms with Crippen LogP contribution in [-0.4, -0.2) is 33.5 Å². The molecule has 0 radical (unpaired) electrons. The molecule has 16 heavy (non-hydrogen) atoms. The van der Waals surface area contributed by atoms with Crippen LogP contribution in [0.25, 0.3) is 0 Å². The molecule has 0 bridgehead atoms. The molecule has 2 nitrogen and oxygen atoms in total. The second-order valence-electron chi connectivity index (χ2n) is 5.38. The van der Waals surface area contributed by atoms with Crippen LogP contribution in [0, 0.1) is 0 Å². The highest BCUT2D eigenvalue weighted by molar-refractivity contribution is 9.38. The Hall–Kier alpha value is 0.830. The number of halogens is 1. The van der Waals surface area contributed by atoms with E-state index in [-0.39, 0.29) is 6.93 Å². The van der Waals surface area contributed by atoms with Crippen LogP contribution >= 0.6 is 22.4 Å². The first kappa shape index (κ1) is 16.8. The lowest BCUT2D eigenvalue weighted by molar-refractivity contribution is 0.265. The summed E-state index contributed by atoms with van der Waals surface area (Å²) >= 11 is 3.93. The lowest BCUT2D eigenvalue weighted by Crippen LogP contribution is -2.40. The maximum atomic E-state index is 3.93. The Morgan fingerprint density at radius 1 is 0.625 bits per heavy atom. The molecule has 0 aliphatic rings. The Labute approximate surface area is 111 Å². The number of nitrogens with zero attached hydrogens (tertiary/aromatic N) is 2. The van der Waals surface area contributed by atoms with E-state index in [0.29, 0.717) is 24.2 Å². The van der Waals surface area contributed by atoms with Gasteiger partial charge in [-0.05, 0) is 70.9 Å². The molecule has 0 atom stereocenters. The first-order valence-electron chi connectivity index (χ1n) is 6.22. The highest BCUT2D eigenvalue weighted by atomic mass is 79.9. The molecule has 0 fully saturated rings. The van der Waals surface area contributed by atoms with Crippen LogP contribution in [0.4, 0.5) is 0 Å². The zero-order valence-corrected chi connectivity index (χ0v) is 14.5. The number of rotatable bonds is 6. The van der Waals surface area contributed by atoms with Crippen molar-refractivity contribution in [3.63, 3.8) is 0 Å². The quantitative estimate of drug-likeness (QED) is 0.647. The summed E-state index contributed by atoms with van der Waals surface area (Å²) in [4.78, 5) is 0. The molecular formula is C12H28BrN2P.